The van der Waals surface area contributed by atoms with Gasteiger partial charge in [0.1, 0.15) is 4.88 Å². The molecule has 0 saturated carbocycles. The van der Waals surface area contributed by atoms with E-state index < -0.39 is 11.1 Å². The van der Waals surface area contributed by atoms with Crippen LogP contribution in [0.5, 0.6) is 0 Å². The Labute approximate surface area is 122 Å². The van der Waals surface area contributed by atoms with Crippen molar-refractivity contribution in [2.75, 3.05) is 0 Å². The molecule has 3 rings (SSSR count). The van der Waals surface area contributed by atoms with E-state index in [-0.39, 0.29) is 11.5 Å². The average Bonchev–Trinajstić information content (AvgIpc) is 3.02. The molecule has 108 valence electrons. The molecule has 0 spiro atoms. The maximum atomic E-state index is 13.1. The van der Waals surface area contributed by atoms with Crippen LogP contribution in [0, 0.1) is 0 Å². The lowest BCUT2D eigenvalue weighted by Crippen LogP contribution is -2.04. The number of aromatic nitrogens is 1. The zero-order valence-electron chi connectivity index (χ0n) is 10.9. The van der Waals surface area contributed by atoms with Gasteiger partial charge in [0.15, 0.2) is 0 Å². The third kappa shape index (κ3) is 2.25. The Kier molecular flexibility index (Phi) is 3.13. The highest BCUT2D eigenvalue weighted by Crippen LogP contribution is 2.43. The molecule has 0 bridgehead atoms. The van der Waals surface area contributed by atoms with E-state index in [2.05, 4.69) is 0 Å². The number of hydrogen-bond donors (Lipinski definition) is 0. The van der Waals surface area contributed by atoms with Gasteiger partial charge in [-0.3, -0.25) is 9.36 Å². The molecule has 2 nitrogen and oxygen atoms in total. The van der Waals surface area contributed by atoms with Crippen LogP contribution in [-0.2, 0) is 6.18 Å². The zero-order valence-corrected chi connectivity index (χ0v) is 11.8. The molecule has 0 radical (unpaired) electrons. The Hall–Kier alpha value is -2.08. The number of para-hydroxylation sites is 1. The second-order valence-corrected chi connectivity index (χ2v) is 5.53. The summed E-state index contributed by atoms with van der Waals surface area (Å²) in [5, 5.41) is 2.05. The molecular formula is C15H10F3NOS. The first kappa shape index (κ1) is 13.9. The van der Waals surface area contributed by atoms with Gasteiger partial charge < -0.3 is 0 Å². The monoisotopic (exact) mass is 309 g/mol. The Balaban J connectivity index is 2.32. The summed E-state index contributed by atoms with van der Waals surface area (Å²) in [6.07, 6.45) is -2.92. The summed E-state index contributed by atoms with van der Waals surface area (Å²) in [6, 6.07) is 8.39. The van der Waals surface area contributed by atoms with Gasteiger partial charge in [0.25, 0.3) is 0 Å². The Morgan fingerprint density at radius 1 is 1.14 bits per heavy atom. The summed E-state index contributed by atoms with van der Waals surface area (Å²) in [5.41, 5.74) is 1.15. The number of halogens is 3. The van der Waals surface area contributed by atoms with Gasteiger partial charge in [-0.15, -0.1) is 11.3 Å². The highest BCUT2D eigenvalue weighted by atomic mass is 32.1. The molecule has 0 unspecified atom stereocenters. The molecule has 0 atom stereocenters. The van der Waals surface area contributed by atoms with Gasteiger partial charge in [-0.05, 0) is 17.5 Å². The molecule has 0 saturated heterocycles. The topological polar surface area (TPSA) is 22.0 Å². The number of alkyl halides is 3. The van der Waals surface area contributed by atoms with Crippen molar-refractivity contribution in [1.29, 1.82) is 0 Å². The summed E-state index contributed by atoms with van der Waals surface area (Å²) in [5.74, 6) is -0.235. The van der Waals surface area contributed by atoms with Crippen molar-refractivity contribution in [3.8, 4) is 11.1 Å². The van der Waals surface area contributed by atoms with E-state index in [9.17, 15) is 18.0 Å². The molecule has 6 heteroatoms. The Morgan fingerprint density at radius 2 is 1.86 bits per heavy atom. The molecule has 0 amide bonds. The minimum absolute atomic E-state index is 0.115. The molecule has 1 aromatic carbocycles. The second-order valence-electron chi connectivity index (χ2n) is 4.61. The van der Waals surface area contributed by atoms with E-state index in [1.165, 1.54) is 29.1 Å². The summed E-state index contributed by atoms with van der Waals surface area (Å²) in [4.78, 5) is 11.0. The van der Waals surface area contributed by atoms with Crippen molar-refractivity contribution in [3.05, 3.63) is 46.8 Å². The van der Waals surface area contributed by atoms with Crippen molar-refractivity contribution in [3.63, 3.8) is 0 Å². The predicted octanol–water partition coefficient (Wildman–Crippen LogP) is 5.05. The van der Waals surface area contributed by atoms with Crippen molar-refractivity contribution >= 4 is 28.1 Å². The number of carbonyl (C=O) groups excluding carboxylic acids is 1. The van der Waals surface area contributed by atoms with Crippen LogP contribution < -0.4 is 0 Å². The van der Waals surface area contributed by atoms with Crippen molar-refractivity contribution < 1.29 is 18.0 Å². The van der Waals surface area contributed by atoms with E-state index in [1.54, 1.807) is 24.3 Å². The molecule has 0 fully saturated rings. The molecule has 0 aliphatic heterocycles. The Morgan fingerprint density at radius 3 is 2.52 bits per heavy atom. The first-order valence-electron chi connectivity index (χ1n) is 6.15. The van der Waals surface area contributed by atoms with Crippen LogP contribution in [0.2, 0.25) is 0 Å². The fourth-order valence-corrected chi connectivity index (χ4v) is 3.17. The standard InChI is InChI=1S/C15H10F3NOS/c1-9(20)19-8-12(10-4-2-3-5-13(10)19)11-6-7-21-14(11)15(16,17)18/h2-8H,1H3. The van der Waals surface area contributed by atoms with Crippen LogP contribution in [0.25, 0.3) is 22.0 Å². The van der Waals surface area contributed by atoms with E-state index in [1.807, 2.05) is 0 Å². The van der Waals surface area contributed by atoms with Gasteiger partial charge in [-0.1, -0.05) is 18.2 Å². The number of carbonyl (C=O) groups is 1. The number of hydrogen-bond acceptors (Lipinski definition) is 2. The molecule has 0 aliphatic carbocycles. The Bertz CT molecular complexity index is 829. The molecule has 21 heavy (non-hydrogen) atoms. The summed E-state index contributed by atoms with van der Waals surface area (Å²) in [7, 11) is 0. The van der Waals surface area contributed by atoms with E-state index in [4.69, 9.17) is 0 Å². The van der Waals surface area contributed by atoms with Crippen molar-refractivity contribution in [2.24, 2.45) is 0 Å². The number of nitrogens with zero attached hydrogens (tertiary/aromatic N) is 1. The van der Waals surface area contributed by atoms with Gasteiger partial charge >= 0.3 is 6.18 Å². The fraction of sp³-hybridized carbons (Fsp3) is 0.133. The van der Waals surface area contributed by atoms with Crippen LogP contribution in [0.15, 0.2) is 41.9 Å². The molecule has 2 heterocycles. The van der Waals surface area contributed by atoms with Gasteiger partial charge in [-0.25, -0.2) is 0 Å². The van der Waals surface area contributed by atoms with Crippen molar-refractivity contribution in [1.82, 2.24) is 4.57 Å². The minimum atomic E-state index is -4.40. The van der Waals surface area contributed by atoms with E-state index in [0.717, 1.165) is 0 Å². The highest BCUT2D eigenvalue weighted by Gasteiger charge is 2.35. The predicted molar refractivity (Wildman–Crippen MR) is 76.6 cm³/mol. The smallest absolute Gasteiger partial charge is 0.287 e. The number of rotatable bonds is 1. The zero-order chi connectivity index (χ0) is 15.2. The van der Waals surface area contributed by atoms with E-state index in [0.29, 0.717) is 27.8 Å². The summed E-state index contributed by atoms with van der Waals surface area (Å²) in [6.45, 7) is 1.38. The second kappa shape index (κ2) is 4.73. The first-order chi connectivity index (χ1) is 9.89. The van der Waals surface area contributed by atoms with Gasteiger partial charge in [0.05, 0.1) is 5.52 Å². The van der Waals surface area contributed by atoms with Crippen LogP contribution in [0.4, 0.5) is 13.2 Å². The van der Waals surface area contributed by atoms with Crippen LogP contribution >= 0.6 is 11.3 Å². The average molecular weight is 309 g/mol. The third-order valence-electron chi connectivity index (χ3n) is 3.26. The van der Waals surface area contributed by atoms with Gasteiger partial charge in [-0.2, -0.15) is 13.2 Å². The summed E-state index contributed by atoms with van der Waals surface area (Å²) >= 11 is 0.658. The van der Waals surface area contributed by atoms with Gasteiger partial charge in [0.2, 0.25) is 5.91 Å². The maximum absolute atomic E-state index is 13.1. The molecule has 0 N–H and O–H groups in total. The maximum Gasteiger partial charge on any atom is 0.426 e. The van der Waals surface area contributed by atoms with Crippen molar-refractivity contribution in [2.45, 2.75) is 13.1 Å². The quantitative estimate of drug-likeness (QED) is 0.616. The first-order valence-corrected chi connectivity index (χ1v) is 7.03. The molecule has 2 aromatic heterocycles. The number of fused-ring (bicyclic) bond motifs is 1. The lowest BCUT2D eigenvalue weighted by atomic mass is 10.1. The number of benzene rings is 1. The fourth-order valence-electron chi connectivity index (χ4n) is 2.40. The number of thiophene rings is 1. The normalized spacial score (nSPS) is 12.0. The summed E-state index contributed by atoms with van der Waals surface area (Å²) < 4.78 is 40.6. The highest BCUT2D eigenvalue weighted by molar-refractivity contribution is 7.10. The third-order valence-corrected chi connectivity index (χ3v) is 4.22. The molecule has 3 aromatic rings. The minimum Gasteiger partial charge on any atom is -0.287 e. The lowest BCUT2D eigenvalue weighted by molar-refractivity contribution is -0.133. The van der Waals surface area contributed by atoms with Crippen LogP contribution in [0.1, 0.15) is 16.6 Å². The largest absolute Gasteiger partial charge is 0.426 e. The lowest BCUT2D eigenvalue weighted by Gasteiger charge is -2.06. The molecule has 0 aliphatic rings. The SMILES string of the molecule is CC(=O)n1cc(-c2ccsc2C(F)(F)F)c2ccccc21. The molecular weight excluding hydrogens is 299 g/mol. The van der Waals surface area contributed by atoms with E-state index >= 15 is 0 Å². The van der Waals surface area contributed by atoms with Crippen LogP contribution in [-0.4, -0.2) is 10.5 Å². The van der Waals surface area contributed by atoms with Crippen LogP contribution in [0.3, 0.4) is 0 Å². The van der Waals surface area contributed by atoms with Gasteiger partial charge in [0, 0.05) is 29.6 Å².